The van der Waals surface area contributed by atoms with Crippen molar-refractivity contribution in [3.05, 3.63) is 54.1 Å². The van der Waals surface area contributed by atoms with Crippen molar-refractivity contribution in [1.29, 1.82) is 0 Å². The van der Waals surface area contributed by atoms with Gasteiger partial charge in [0.2, 0.25) is 5.91 Å². The molecule has 2 aliphatic rings. The highest BCUT2D eigenvalue weighted by Crippen LogP contribution is 2.55. The molecular weight excluding hydrogens is 336 g/mol. The molecule has 2 amide bonds. The molecule has 0 unspecified atom stereocenters. The van der Waals surface area contributed by atoms with Gasteiger partial charge in [-0.25, -0.2) is 0 Å². The number of hydrogen-bond donors (Lipinski definition) is 1. The van der Waals surface area contributed by atoms with Gasteiger partial charge >= 0.3 is 0 Å². The Kier molecular flexibility index (Phi) is 3.92. The summed E-state index contributed by atoms with van der Waals surface area (Å²) >= 11 is 1.47. The highest BCUT2D eigenvalue weighted by atomic mass is 32.2. The van der Waals surface area contributed by atoms with Crippen LogP contribution in [0.1, 0.15) is 18.4 Å². The largest absolute Gasteiger partial charge is 0.496 e. The summed E-state index contributed by atoms with van der Waals surface area (Å²) in [7, 11) is 1.61. The molecule has 1 atom stereocenters. The van der Waals surface area contributed by atoms with Gasteiger partial charge in [0.25, 0.3) is 5.91 Å². The van der Waals surface area contributed by atoms with E-state index in [0.29, 0.717) is 19.4 Å². The average molecular weight is 354 g/mol. The van der Waals surface area contributed by atoms with Gasteiger partial charge in [-0.05, 0) is 24.6 Å². The van der Waals surface area contributed by atoms with Crippen LogP contribution in [0.25, 0.3) is 0 Å². The van der Waals surface area contributed by atoms with Crippen LogP contribution in [0.2, 0.25) is 0 Å². The maximum absolute atomic E-state index is 13.1. The van der Waals surface area contributed by atoms with Gasteiger partial charge in [-0.15, -0.1) is 0 Å². The molecule has 1 N–H and O–H groups in total. The fraction of sp³-hybridized carbons (Fsp3) is 0.263. The number of nitrogens with zero attached hydrogens (tertiary/aromatic N) is 1. The van der Waals surface area contributed by atoms with Crippen LogP contribution in [0.15, 0.2) is 53.4 Å². The van der Waals surface area contributed by atoms with Crippen molar-refractivity contribution in [1.82, 2.24) is 5.32 Å². The number of nitrogens with one attached hydrogen (secondary N) is 1. The summed E-state index contributed by atoms with van der Waals surface area (Å²) < 4.78 is 5.33. The first-order valence-electron chi connectivity index (χ1n) is 8.17. The van der Waals surface area contributed by atoms with E-state index in [2.05, 4.69) is 5.32 Å². The number of benzene rings is 2. The monoisotopic (exact) mass is 354 g/mol. The van der Waals surface area contributed by atoms with Crippen molar-refractivity contribution >= 4 is 29.3 Å². The van der Waals surface area contributed by atoms with Crippen LogP contribution >= 0.6 is 11.8 Å². The summed E-state index contributed by atoms with van der Waals surface area (Å²) in [6.45, 7) is 0.365. The molecule has 0 radical (unpaired) electrons. The van der Waals surface area contributed by atoms with Crippen molar-refractivity contribution in [2.45, 2.75) is 29.2 Å². The van der Waals surface area contributed by atoms with Crippen LogP contribution < -0.4 is 15.0 Å². The van der Waals surface area contributed by atoms with Crippen LogP contribution in [-0.2, 0) is 16.1 Å². The number of para-hydroxylation sites is 2. The first-order chi connectivity index (χ1) is 12.2. The van der Waals surface area contributed by atoms with E-state index in [1.54, 1.807) is 12.0 Å². The zero-order valence-corrected chi connectivity index (χ0v) is 14.6. The first-order valence-corrected chi connectivity index (χ1v) is 8.99. The molecule has 1 fully saturated rings. The number of rotatable bonds is 4. The molecular formula is C19H18N2O3S. The van der Waals surface area contributed by atoms with Crippen molar-refractivity contribution in [3.63, 3.8) is 0 Å². The maximum atomic E-state index is 13.1. The van der Waals surface area contributed by atoms with E-state index in [1.165, 1.54) is 11.8 Å². The molecule has 0 spiro atoms. The maximum Gasteiger partial charge on any atom is 0.257 e. The molecule has 0 bridgehead atoms. The summed E-state index contributed by atoms with van der Waals surface area (Å²) in [5.74, 6) is 0.609. The Hall–Kier alpha value is -2.47. The smallest absolute Gasteiger partial charge is 0.257 e. The first kappa shape index (κ1) is 16.0. The molecule has 128 valence electrons. The number of carbonyl (C=O) groups is 2. The van der Waals surface area contributed by atoms with Crippen molar-refractivity contribution in [2.24, 2.45) is 0 Å². The number of thioether (sulfide) groups is 1. The minimum Gasteiger partial charge on any atom is -0.496 e. The molecule has 2 heterocycles. The van der Waals surface area contributed by atoms with E-state index >= 15 is 0 Å². The summed E-state index contributed by atoms with van der Waals surface area (Å²) in [5.41, 5.74) is 1.74. The van der Waals surface area contributed by atoms with Gasteiger partial charge in [-0.3, -0.25) is 14.5 Å². The van der Waals surface area contributed by atoms with E-state index in [0.717, 1.165) is 21.9 Å². The van der Waals surface area contributed by atoms with Crippen LogP contribution in [0.5, 0.6) is 5.75 Å². The minimum atomic E-state index is -0.872. The van der Waals surface area contributed by atoms with Gasteiger partial charge in [0.1, 0.15) is 5.75 Å². The third-order valence-electron chi connectivity index (χ3n) is 4.66. The van der Waals surface area contributed by atoms with E-state index in [-0.39, 0.29) is 11.8 Å². The molecule has 2 aromatic rings. The summed E-state index contributed by atoms with van der Waals surface area (Å²) in [5, 5.41) is 3.00. The van der Waals surface area contributed by atoms with Gasteiger partial charge in [-0.2, -0.15) is 0 Å². The van der Waals surface area contributed by atoms with Crippen molar-refractivity contribution < 1.29 is 14.3 Å². The summed E-state index contributed by atoms with van der Waals surface area (Å²) in [6, 6.07) is 15.3. The number of anilines is 1. The lowest BCUT2D eigenvalue weighted by Gasteiger charge is -2.29. The third-order valence-corrected chi connectivity index (χ3v) is 6.13. The normalized spacial score (nSPS) is 21.0. The molecule has 6 heteroatoms. The molecule has 0 saturated carbocycles. The number of methoxy groups -OCH3 is 1. The van der Waals surface area contributed by atoms with Crippen LogP contribution in [-0.4, -0.2) is 23.8 Å². The van der Waals surface area contributed by atoms with Gasteiger partial charge in [0, 0.05) is 23.4 Å². The molecule has 2 aliphatic heterocycles. The zero-order valence-electron chi connectivity index (χ0n) is 13.8. The summed E-state index contributed by atoms with van der Waals surface area (Å²) in [6.07, 6.45) is 0.909. The van der Waals surface area contributed by atoms with E-state index in [4.69, 9.17) is 4.74 Å². The second-order valence-electron chi connectivity index (χ2n) is 6.08. The van der Waals surface area contributed by atoms with Crippen LogP contribution in [0.4, 0.5) is 5.69 Å². The summed E-state index contributed by atoms with van der Waals surface area (Å²) in [4.78, 5) is 27.3. The second-order valence-corrected chi connectivity index (χ2v) is 7.40. The lowest BCUT2D eigenvalue weighted by Crippen LogP contribution is -2.52. The highest BCUT2D eigenvalue weighted by molar-refractivity contribution is 8.02. The highest BCUT2D eigenvalue weighted by Gasteiger charge is 2.57. The molecule has 1 saturated heterocycles. The lowest BCUT2D eigenvalue weighted by atomic mass is 10.1. The fourth-order valence-electron chi connectivity index (χ4n) is 3.46. The Morgan fingerprint density at radius 1 is 1.24 bits per heavy atom. The molecule has 5 nitrogen and oxygen atoms in total. The number of fused-ring (bicyclic) bond motifs is 3. The van der Waals surface area contributed by atoms with Crippen LogP contribution in [0, 0.1) is 0 Å². The van der Waals surface area contributed by atoms with Crippen molar-refractivity contribution in [2.75, 3.05) is 12.0 Å². The molecule has 25 heavy (non-hydrogen) atoms. The number of carbonyl (C=O) groups excluding carboxylic acids is 2. The lowest BCUT2D eigenvalue weighted by molar-refractivity contribution is -0.124. The van der Waals surface area contributed by atoms with Crippen LogP contribution in [0.3, 0.4) is 0 Å². The second kappa shape index (κ2) is 6.11. The number of hydrogen-bond acceptors (Lipinski definition) is 4. The third kappa shape index (κ3) is 2.48. The average Bonchev–Trinajstić information content (AvgIpc) is 3.16. The van der Waals surface area contributed by atoms with Gasteiger partial charge in [0.05, 0.1) is 12.8 Å². The van der Waals surface area contributed by atoms with Gasteiger partial charge in [-0.1, -0.05) is 42.1 Å². The van der Waals surface area contributed by atoms with Crippen molar-refractivity contribution in [3.8, 4) is 5.75 Å². The van der Waals surface area contributed by atoms with E-state index in [1.807, 2.05) is 48.5 Å². The quantitative estimate of drug-likeness (QED) is 0.917. The molecule has 2 aromatic carbocycles. The minimum absolute atomic E-state index is 0.00453. The predicted molar refractivity (Wildman–Crippen MR) is 96.6 cm³/mol. The Bertz CT molecular complexity index is 854. The van der Waals surface area contributed by atoms with E-state index < -0.39 is 4.87 Å². The Morgan fingerprint density at radius 3 is 2.84 bits per heavy atom. The van der Waals surface area contributed by atoms with E-state index in [9.17, 15) is 9.59 Å². The SMILES string of the molecule is COc1ccccc1CNC(=O)[C@@]12CCC(=O)N1c1ccccc1S2. The predicted octanol–water partition coefficient (Wildman–Crippen LogP) is 2.94. The Morgan fingerprint density at radius 2 is 2.00 bits per heavy atom. The van der Waals surface area contributed by atoms with Gasteiger partial charge < -0.3 is 10.1 Å². The Balaban J connectivity index is 1.59. The topological polar surface area (TPSA) is 58.6 Å². The fourth-order valence-corrected chi connectivity index (χ4v) is 4.90. The standard InChI is InChI=1S/C19H18N2O3S/c1-24-15-8-4-2-6-13(15)12-20-18(23)19-11-10-17(22)21(19)14-7-3-5-9-16(14)25-19/h2-9H,10-12H2,1H3,(H,20,23)/t19-/m0/s1. The molecule has 0 aliphatic carbocycles. The molecule has 4 rings (SSSR count). The Labute approximate surface area is 150 Å². The molecule has 0 aromatic heterocycles. The zero-order chi connectivity index (χ0) is 17.4. The van der Waals surface area contributed by atoms with Gasteiger partial charge in [0.15, 0.2) is 4.87 Å². The number of ether oxygens (including phenoxy) is 1. The number of amides is 2.